The Balaban J connectivity index is 1.31. The molecule has 0 spiro atoms. The number of amides is 1. The number of nitrogens with zero attached hydrogens (tertiary/aromatic N) is 3. The fraction of sp³-hybridized carbons (Fsp3) is 0.400. The number of carbonyl (C=O) groups is 1. The summed E-state index contributed by atoms with van der Waals surface area (Å²) in [5.74, 6) is 1.23. The number of likely N-dealkylation sites (tertiary alicyclic amines) is 1. The Labute approximate surface area is 183 Å². The van der Waals surface area contributed by atoms with Crippen LogP contribution < -0.4 is 0 Å². The molecule has 2 heterocycles. The number of aryl methyl sites for hydroxylation is 1. The number of rotatable bonds is 8. The van der Waals surface area contributed by atoms with E-state index in [2.05, 4.69) is 46.6 Å². The number of piperidine rings is 1. The van der Waals surface area contributed by atoms with Gasteiger partial charge in [-0.25, -0.2) is 0 Å². The molecular weight excluding hydrogens is 390 g/mol. The van der Waals surface area contributed by atoms with Gasteiger partial charge in [0.15, 0.2) is 0 Å². The average molecular weight is 420 g/mol. The maximum Gasteiger partial charge on any atom is 0.223 e. The van der Waals surface area contributed by atoms with Gasteiger partial charge in [-0.05, 0) is 36.0 Å². The van der Waals surface area contributed by atoms with E-state index >= 15 is 0 Å². The summed E-state index contributed by atoms with van der Waals surface area (Å²) in [6.07, 6.45) is 4.64. The van der Waals surface area contributed by atoms with Crippen LogP contribution in [0.1, 0.15) is 43.0 Å². The van der Waals surface area contributed by atoms with E-state index in [1.165, 1.54) is 11.1 Å². The second-order valence-corrected chi connectivity index (χ2v) is 8.02. The smallest absolute Gasteiger partial charge is 0.223 e. The minimum atomic E-state index is 0.137. The van der Waals surface area contributed by atoms with Gasteiger partial charge in [-0.2, -0.15) is 0 Å². The monoisotopic (exact) mass is 419 g/mol. The normalized spacial score (nSPS) is 16.4. The van der Waals surface area contributed by atoms with Crippen LogP contribution in [-0.2, 0) is 22.4 Å². The Kier molecular flexibility index (Phi) is 7.10. The van der Waals surface area contributed by atoms with Gasteiger partial charge in [0.1, 0.15) is 0 Å². The molecule has 31 heavy (non-hydrogen) atoms. The van der Waals surface area contributed by atoms with Gasteiger partial charge in [-0.15, -0.1) is 10.2 Å². The molecule has 2 aromatic carbocycles. The molecule has 1 aliphatic rings. The molecule has 0 N–H and O–H groups in total. The second kappa shape index (κ2) is 10.4. The topological polar surface area (TPSA) is 68.5 Å². The van der Waals surface area contributed by atoms with E-state index in [0.29, 0.717) is 37.7 Å². The lowest BCUT2D eigenvalue weighted by Crippen LogP contribution is -2.46. The highest BCUT2D eigenvalue weighted by Crippen LogP contribution is 2.21. The fourth-order valence-electron chi connectivity index (χ4n) is 4.13. The molecule has 0 bridgehead atoms. The van der Waals surface area contributed by atoms with E-state index in [4.69, 9.17) is 9.15 Å². The first kappa shape index (κ1) is 21.2. The molecule has 162 valence electrons. The Morgan fingerprint density at radius 1 is 1.03 bits per heavy atom. The summed E-state index contributed by atoms with van der Waals surface area (Å²) in [6, 6.07) is 18.9. The van der Waals surface area contributed by atoms with Gasteiger partial charge >= 0.3 is 0 Å². The molecule has 0 aliphatic carbocycles. The molecule has 0 unspecified atom stereocenters. The third kappa shape index (κ3) is 5.58. The molecule has 3 aromatic rings. The van der Waals surface area contributed by atoms with Crippen molar-refractivity contribution in [3.8, 4) is 11.1 Å². The molecular formula is C25H29N3O3. The highest BCUT2D eigenvalue weighted by molar-refractivity contribution is 5.76. The van der Waals surface area contributed by atoms with Crippen molar-refractivity contribution in [3.05, 3.63) is 71.9 Å². The quantitative estimate of drug-likeness (QED) is 0.545. The maximum absolute atomic E-state index is 12.7. The van der Waals surface area contributed by atoms with Crippen molar-refractivity contribution in [2.24, 2.45) is 0 Å². The van der Waals surface area contributed by atoms with Crippen LogP contribution in [-0.4, -0.2) is 47.3 Å². The predicted molar refractivity (Wildman–Crippen MR) is 119 cm³/mol. The lowest BCUT2D eigenvalue weighted by molar-refractivity contribution is -0.136. The molecule has 1 aliphatic heterocycles. The number of ether oxygens (including phenoxy) is 1. The number of hydrogen-bond donors (Lipinski definition) is 0. The van der Waals surface area contributed by atoms with Crippen molar-refractivity contribution in [2.75, 3.05) is 20.3 Å². The summed E-state index contributed by atoms with van der Waals surface area (Å²) in [7, 11) is 1.69. The van der Waals surface area contributed by atoms with Crippen LogP contribution in [0.4, 0.5) is 0 Å². The summed E-state index contributed by atoms with van der Waals surface area (Å²) in [5.41, 5.74) is 3.49. The number of methoxy groups -OCH3 is 1. The van der Waals surface area contributed by atoms with Gasteiger partial charge in [0, 0.05) is 26.5 Å². The number of carbonyl (C=O) groups excluding carboxylic acids is 1. The molecule has 1 amide bonds. The molecule has 1 atom stereocenters. The molecule has 0 saturated carbocycles. The maximum atomic E-state index is 12.7. The molecule has 4 rings (SSSR count). The summed E-state index contributed by atoms with van der Waals surface area (Å²) in [4.78, 5) is 14.6. The van der Waals surface area contributed by atoms with Crippen molar-refractivity contribution in [3.63, 3.8) is 0 Å². The van der Waals surface area contributed by atoms with Crippen LogP contribution in [0, 0.1) is 0 Å². The zero-order valence-corrected chi connectivity index (χ0v) is 18.0. The van der Waals surface area contributed by atoms with Crippen molar-refractivity contribution < 1.29 is 13.9 Å². The molecule has 6 nitrogen and oxygen atoms in total. The highest BCUT2D eigenvalue weighted by atomic mass is 16.5. The van der Waals surface area contributed by atoms with E-state index in [-0.39, 0.29) is 11.9 Å². The van der Waals surface area contributed by atoms with Gasteiger partial charge in [0.25, 0.3) is 0 Å². The Bertz CT molecular complexity index is 967. The zero-order chi connectivity index (χ0) is 21.5. The van der Waals surface area contributed by atoms with Gasteiger partial charge in [-0.1, -0.05) is 54.6 Å². The van der Waals surface area contributed by atoms with Crippen molar-refractivity contribution in [2.45, 2.75) is 44.6 Å². The van der Waals surface area contributed by atoms with Crippen LogP contribution in [0.5, 0.6) is 0 Å². The zero-order valence-electron chi connectivity index (χ0n) is 18.0. The molecule has 0 radical (unpaired) electrons. The first-order valence-corrected chi connectivity index (χ1v) is 11.0. The van der Waals surface area contributed by atoms with E-state index < -0.39 is 0 Å². The minimum Gasteiger partial charge on any atom is -0.425 e. The first-order chi connectivity index (χ1) is 15.2. The van der Waals surface area contributed by atoms with Crippen LogP contribution in [0.3, 0.4) is 0 Å². The summed E-state index contributed by atoms with van der Waals surface area (Å²) in [5, 5.41) is 8.30. The van der Waals surface area contributed by atoms with E-state index in [0.717, 1.165) is 31.4 Å². The van der Waals surface area contributed by atoms with Gasteiger partial charge in [0.05, 0.1) is 19.1 Å². The number of hydrogen-bond acceptors (Lipinski definition) is 5. The van der Waals surface area contributed by atoms with Gasteiger partial charge in [-0.3, -0.25) is 4.79 Å². The summed E-state index contributed by atoms with van der Waals surface area (Å²) >= 11 is 0. The highest BCUT2D eigenvalue weighted by Gasteiger charge is 2.26. The van der Waals surface area contributed by atoms with E-state index in [1.807, 2.05) is 23.1 Å². The van der Waals surface area contributed by atoms with Crippen LogP contribution in [0.2, 0.25) is 0 Å². The summed E-state index contributed by atoms with van der Waals surface area (Å²) in [6.45, 7) is 1.40. The largest absolute Gasteiger partial charge is 0.425 e. The Morgan fingerprint density at radius 3 is 2.55 bits per heavy atom. The lowest BCUT2D eigenvalue weighted by Gasteiger charge is -2.35. The molecule has 6 heteroatoms. The second-order valence-electron chi connectivity index (χ2n) is 8.02. The van der Waals surface area contributed by atoms with Crippen molar-refractivity contribution >= 4 is 5.91 Å². The van der Waals surface area contributed by atoms with Gasteiger partial charge < -0.3 is 14.1 Å². The minimum absolute atomic E-state index is 0.137. The van der Waals surface area contributed by atoms with E-state index in [9.17, 15) is 4.79 Å². The number of benzene rings is 2. The van der Waals surface area contributed by atoms with Crippen molar-refractivity contribution in [1.29, 1.82) is 0 Å². The fourth-order valence-corrected chi connectivity index (χ4v) is 4.13. The van der Waals surface area contributed by atoms with Crippen molar-refractivity contribution in [1.82, 2.24) is 15.1 Å². The average Bonchev–Trinajstić information content (AvgIpc) is 3.26. The molecule has 1 fully saturated rings. The molecule has 1 saturated heterocycles. The standard InChI is InChI=1S/C25H29N3O3/c1-30-18-22-9-5-6-16-28(22)25(29)15-14-23-26-27-24(31-23)17-19-10-12-21(13-11-19)20-7-3-2-4-8-20/h2-4,7-8,10-13,22H,5-6,9,14-18H2,1H3/t22-/m1/s1. The Hall–Kier alpha value is -2.99. The first-order valence-electron chi connectivity index (χ1n) is 11.0. The lowest BCUT2D eigenvalue weighted by atomic mass is 10.0. The van der Waals surface area contributed by atoms with Crippen LogP contribution in [0.25, 0.3) is 11.1 Å². The summed E-state index contributed by atoms with van der Waals surface area (Å²) < 4.78 is 11.1. The third-order valence-corrected chi connectivity index (χ3v) is 5.78. The third-order valence-electron chi connectivity index (χ3n) is 5.78. The van der Waals surface area contributed by atoms with E-state index in [1.54, 1.807) is 7.11 Å². The SMILES string of the molecule is COC[C@H]1CCCCN1C(=O)CCc1nnc(Cc2ccc(-c3ccccc3)cc2)o1. The van der Waals surface area contributed by atoms with Crippen LogP contribution >= 0.6 is 0 Å². The van der Waals surface area contributed by atoms with Gasteiger partial charge in [0.2, 0.25) is 17.7 Å². The molecule has 1 aromatic heterocycles. The van der Waals surface area contributed by atoms with Crippen LogP contribution in [0.15, 0.2) is 59.0 Å². The number of aromatic nitrogens is 2. The predicted octanol–water partition coefficient (Wildman–Crippen LogP) is 4.29. The Morgan fingerprint density at radius 2 is 1.77 bits per heavy atom.